The Balaban J connectivity index is 1.92. The van der Waals surface area contributed by atoms with Crippen molar-refractivity contribution in [2.24, 2.45) is 5.41 Å². The summed E-state index contributed by atoms with van der Waals surface area (Å²) in [7, 11) is 0. The first kappa shape index (κ1) is 12.9. The average Bonchev–Trinajstić information content (AvgIpc) is 2.38. The maximum atomic E-state index is 8.75. The van der Waals surface area contributed by atoms with Gasteiger partial charge in [0, 0.05) is 18.3 Å². The van der Waals surface area contributed by atoms with Crippen LogP contribution in [0.4, 0.5) is 5.69 Å². The second-order valence-corrected chi connectivity index (χ2v) is 5.67. The Morgan fingerprint density at radius 2 is 2.11 bits per heavy atom. The first-order valence-corrected chi connectivity index (χ1v) is 6.59. The van der Waals surface area contributed by atoms with Crippen LogP contribution in [-0.2, 0) is 0 Å². The topological polar surface area (TPSA) is 47.8 Å². The minimum absolute atomic E-state index is 0.345. The smallest absolute Gasteiger partial charge is 0.0991 e. The van der Waals surface area contributed by atoms with E-state index in [1.165, 1.54) is 12.8 Å². The molecule has 2 N–H and O–H groups in total. The highest BCUT2D eigenvalue weighted by atomic mass is 15.0. The van der Waals surface area contributed by atoms with Crippen molar-refractivity contribution in [3.63, 3.8) is 0 Å². The molecule has 1 unspecified atom stereocenters. The van der Waals surface area contributed by atoms with Gasteiger partial charge in [-0.25, -0.2) is 0 Å². The fourth-order valence-corrected chi connectivity index (χ4v) is 2.50. The lowest BCUT2D eigenvalue weighted by Gasteiger charge is -2.39. The number of piperidine rings is 1. The van der Waals surface area contributed by atoms with Crippen LogP contribution in [0.3, 0.4) is 0 Å². The maximum absolute atomic E-state index is 8.75. The van der Waals surface area contributed by atoms with Gasteiger partial charge in [-0.2, -0.15) is 5.26 Å². The SMILES string of the molecule is CC1(C)CCCNC1CNc1ccc(C#N)cc1. The molecule has 3 heteroatoms. The summed E-state index contributed by atoms with van der Waals surface area (Å²) >= 11 is 0. The van der Waals surface area contributed by atoms with Crippen molar-refractivity contribution in [2.45, 2.75) is 32.7 Å². The van der Waals surface area contributed by atoms with Gasteiger partial charge in [-0.1, -0.05) is 13.8 Å². The summed E-state index contributed by atoms with van der Waals surface area (Å²) in [6.45, 7) is 6.69. The predicted octanol–water partition coefficient (Wildman–Crippen LogP) is 2.75. The molecule has 0 spiro atoms. The monoisotopic (exact) mass is 243 g/mol. The Labute approximate surface area is 109 Å². The lowest BCUT2D eigenvalue weighted by molar-refractivity contribution is 0.188. The van der Waals surface area contributed by atoms with E-state index in [0.29, 0.717) is 17.0 Å². The molecule has 1 aliphatic rings. The van der Waals surface area contributed by atoms with Gasteiger partial charge < -0.3 is 10.6 Å². The second-order valence-electron chi connectivity index (χ2n) is 5.67. The van der Waals surface area contributed by atoms with Crippen molar-refractivity contribution in [1.29, 1.82) is 5.26 Å². The summed E-state index contributed by atoms with van der Waals surface area (Å²) in [6.07, 6.45) is 2.54. The molecule has 2 rings (SSSR count). The largest absolute Gasteiger partial charge is 0.383 e. The van der Waals surface area contributed by atoms with E-state index in [4.69, 9.17) is 5.26 Å². The first-order chi connectivity index (χ1) is 8.62. The van der Waals surface area contributed by atoms with Crippen LogP contribution in [0.2, 0.25) is 0 Å². The summed E-state index contributed by atoms with van der Waals surface area (Å²) in [4.78, 5) is 0. The van der Waals surface area contributed by atoms with Crippen LogP contribution in [0.5, 0.6) is 0 Å². The molecule has 1 aromatic carbocycles. The van der Waals surface area contributed by atoms with Crippen molar-refractivity contribution < 1.29 is 0 Å². The zero-order valence-electron chi connectivity index (χ0n) is 11.2. The number of rotatable bonds is 3. The van der Waals surface area contributed by atoms with Gasteiger partial charge in [0.25, 0.3) is 0 Å². The van der Waals surface area contributed by atoms with Crippen molar-refractivity contribution in [2.75, 3.05) is 18.4 Å². The molecule has 1 heterocycles. The Morgan fingerprint density at radius 3 is 2.72 bits per heavy atom. The van der Waals surface area contributed by atoms with Gasteiger partial charge in [0.1, 0.15) is 0 Å². The molecule has 0 saturated carbocycles. The highest BCUT2D eigenvalue weighted by Crippen LogP contribution is 2.30. The molecule has 1 aromatic rings. The van der Waals surface area contributed by atoms with Crippen LogP contribution in [0, 0.1) is 16.7 Å². The lowest BCUT2D eigenvalue weighted by atomic mass is 9.77. The predicted molar refractivity (Wildman–Crippen MR) is 74.5 cm³/mol. The van der Waals surface area contributed by atoms with E-state index in [-0.39, 0.29) is 0 Å². The Kier molecular flexibility index (Phi) is 3.88. The van der Waals surface area contributed by atoms with Gasteiger partial charge in [-0.05, 0) is 49.1 Å². The van der Waals surface area contributed by atoms with E-state index in [1.54, 1.807) is 0 Å². The van der Waals surface area contributed by atoms with Gasteiger partial charge in [0.05, 0.1) is 11.6 Å². The van der Waals surface area contributed by atoms with Crippen LogP contribution < -0.4 is 10.6 Å². The molecular formula is C15H21N3. The minimum Gasteiger partial charge on any atom is -0.383 e. The van der Waals surface area contributed by atoms with Gasteiger partial charge in [0.2, 0.25) is 0 Å². The minimum atomic E-state index is 0.345. The number of hydrogen-bond donors (Lipinski definition) is 2. The highest BCUT2D eigenvalue weighted by Gasteiger charge is 2.31. The number of nitrogens with zero attached hydrogens (tertiary/aromatic N) is 1. The Bertz CT molecular complexity index is 428. The molecule has 1 saturated heterocycles. The summed E-state index contributed by atoms with van der Waals surface area (Å²) in [5, 5.41) is 15.8. The van der Waals surface area contributed by atoms with E-state index < -0.39 is 0 Å². The fraction of sp³-hybridized carbons (Fsp3) is 0.533. The molecule has 96 valence electrons. The number of nitriles is 1. The molecule has 0 bridgehead atoms. The summed E-state index contributed by atoms with van der Waals surface area (Å²) < 4.78 is 0. The van der Waals surface area contributed by atoms with Crippen LogP contribution in [0.15, 0.2) is 24.3 Å². The molecule has 0 radical (unpaired) electrons. The standard InChI is InChI=1S/C15H21N3/c1-15(2)8-3-9-17-14(15)11-18-13-6-4-12(10-16)5-7-13/h4-7,14,17-18H,3,8-9,11H2,1-2H3. The molecular weight excluding hydrogens is 222 g/mol. The lowest BCUT2D eigenvalue weighted by Crippen LogP contribution is -2.50. The molecule has 1 aliphatic heterocycles. The number of nitrogens with one attached hydrogen (secondary N) is 2. The van der Waals surface area contributed by atoms with Crippen molar-refractivity contribution in [3.8, 4) is 6.07 Å². The van der Waals surface area contributed by atoms with Crippen molar-refractivity contribution in [3.05, 3.63) is 29.8 Å². The fourth-order valence-electron chi connectivity index (χ4n) is 2.50. The van der Waals surface area contributed by atoms with E-state index in [1.807, 2.05) is 24.3 Å². The molecule has 18 heavy (non-hydrogen) atoms. The highest BCUT2D eigenvalue weighted by molar-refractivity contribution is 5.47. The molecule has 0 aliphatic carbocycles. The van der Waals surface area contributed by atoms with Crippen molar-refractivity contribution >= 4 is 5.69 Å². The Hall–Kier alpha value is -1.53. The van der Waals surface area contributed by atoms with E-state index in [2.05, 4.69) is 30.6 Å². The molecule has 3 nitrogen and oxygen atoms in total. The third kappa shape index (κ3) is 3.02. The van der Waals surface area contributed by atoms with Crippen LogP contribution in [0.1, 0.15) is 32.3 Å². The van der Waals surface area contributed by atoms with Gasteiger partial charge in [-0.3, -0.25) is 0 Å². The third-order valence-electron chi connectivity index (χ3n) is 3.86. The van der Waals surface area contributed by atoms with Crippen LogP contribution in [-0.4, -0.2) is 19.1 Å². The van der Waals surface area contributed by atoms with E-state index in [9.17, 15) is 0 Å². The van der Waals surface area contributed by atoms with E-state index in [0.717, 1.165) is 18.8 Å². The molecule has 1 atom stereocenters. The van der Waals surface area contributed by atoms with E-state index >= 15 is 0 Å². The number of hydrogen-bond acceptors (Lipinski definition) is 3. The van der Waals surface area contributed by atoms with Gasteiger partial charge >= 0.3 is 0 Å². The normalized spacial score (nSPS) is 22.2. The van der Waals surface area contributed by atoms with Gasteiger partial charge in [0.15, 0.2) is 0 Å². The number of benzene rings is 1. The maximum Gasteiger partial charge on any atom is 0.0991 e. The zero-order valence-corrected chi connectivity index (χ0v) is 11.2. The van der Waals surface area contributed by atoms with Crippen molar-refractivity contribution in [1.82, 2.24) is 5.32 Å². The third-order valence-corrected chi connectivity index (χ3v) is 3.86. The van der Waals surface area contributed by atoms with Gasteiger partial charge in [-0.15, -0.1) is 0 Å². The quantitative estimate of drug-likeness (QED) is 0.858. The average molecular weight is 243 g/mol. The summed E-state index contributed by atoms with van der Waals surface area (Å²) in [5.74, 6) is 0. The molecule has 0 aromatic heterocycles. The Morgan fingerprint density at radius 1 is 1.39 bits per heavy atom. The van der Waals surface area contributed by atoms with Crippen LogP contribution in [0.25, 0.3) is 0 Å². The number of anilines is 1. The second kappa shape index (κ2) is 5.41. The summed E-state index contributed by atoms with van der Waals surface area (Å²) in [5.41, 5.74) is 2.13. The zero-order chi connectivity index (χ0) is 13.0. The molecule has 0 amide bonds. The molecule has 1 fully saturated rings. The first-order valence-electron chi connectivity index (χ1n) is 6.59. The van der Waals surface area contributed by atoms with Crippen LogP contribution >= 0.6 is 0 Å². The summed E-state index contributed by atoms with van der Waals surface area (Å²) in [6, 6.07) is 10.3.